The van der Waals surface area contributed by atoms with Crippen molar-refractivity contribution < 1.29 is 4.79 Å². The molecule has 0 atom stereocenters. The van der Waals surface area contributed by atoms with E-state index in [1.54, 1.807) is 12.1 Å². The standard InChI is InChI=1S/C13H17ClN2O/c1-2-3-6-9-15-10-13(17)16-12-8-5-4-7-11(12)14/h2-5,7-8,15H,6,9-10H2,1H3,(H,16,17)/b3-2+. The van der Waals surface area contributed by atoms with Crippen LogP contribution in [0, 0.1) is 0 Å². The molecule has 4 heteroatoms. The van der Waals surface area contributed by atoms with Crippen molar-refractivity contribution in [2.45, 2.75) is 13.3 Å². The highest BCUT2D eigenvalue weighted by Crippen LogP contribution is 2.19. The second-order valence-corrected chi connectivity index (χ2v) is 3.97. The molecule has 92 valence electrons. The largest absolute Gasteiger partial charge is 0.324 e. The van der Waals surface area contributed by atoms with Gasteiger partial charge in [0.1, 0.15) is 0 Å². The third-order valence-corrected chi connectivity index (χ3v) is 2.49. The van der Waals surface area contributed by atoms with Crippen molar-refractivity contribution in [3.05, 3.63) is 41.4 Å². The lowest BCUT2D eigenvalue weighted by atomic mass is 10.3. The summed E-state index contributed by atoms with van der Waals surface area (Å²) in [5.41, 5.74) is 0.648. The van der Waals surface area contributed by atoms with Crippen LogP contribution >= 0.6 is 11.6 Å². The van der Waals surface area contributed by atoms with Crippen molar-refractivity contribution in [3.63, 3.8) is 0 Å². The Kier molecular flexibility index (Phi) is 6.37. The first-order chi connectivity index (χ1) is 8.24. The summed E-state index contributed by atoms with van der Waals surface area (Å²) in [6.45, 7) is 3.06. The van der Waals surface area contributed by atoms with Crippen LogP contribution in [0.1, 0.15) is 13.3 Å². The van der Waals surface area contributed by atoms with Gasteiger partial charge in [-0.1, -0.05) is 35.9 Å². The Labute approximate surface area is 107 Å². The normalized spacial score (nSPS) is 10.7. The Hall–Kier alpha value is -1.32. The third-order valence-electron chi connectivity index (χ3n) is 2.16. The van der Waals surface area contributed by atoms with Gasteiger partial charge in [0.2, 0.25) is 5.91 Å². The van der Waals surface area contributed by atoms with Crippen molar-refractivity contribution in [1.82, 2.24) is 5.32 Å². The fourth-order valence-corrected chi connectivity index (χ4v) is 1.49. The van der Waals surface area contributed by atoms with Crippen LogP contribution in [0.15, 0.2) is 36.4 Å². The third kappa shape index (κ3) is 5.52. The molecule has 0 aliphatic carbocycles. The lowest BCUT2D eigenvalue weighted by molar-refractivity contribution is -0.115. The zero-order valence-electron chi connectivity index (χ0n) is 9.87. The van der Waals surface area contributed by atoms with Crippen LogP contribution < -0.4 is 10.6 Å². The molecule has 1 aromatic rings. The zero-order chi connectivity index (χ0) is 12.5. The van der Waals surface area contributed by atoms with Crippen LogP contribution in [0.5, 0.6) is 0 Å². The molecule has 0 aromatic heterocycles. The predicted octanol–water partition coefficient (Wildman–Crippen LogP) is 2.83. The molecule has 0 aliphatic heterocycles. The van der Waals surface area contributed by atoms with E-state index in [0.29, 0.717) is 17.3 Å². The van der Waals surface area contributed by atoms with Gasteiger partial charge in [-0.15, -0.1) is 0 Å². The molecule has 0 aliphatic rings. The molecule has 0 heterocycles. The van der Waals surface area contributed by atoms with Crippen molar-refractivity contribution in [2.24, 2.45) is 0 Å². The Bertz CT molecular complexity index is 391. The second kappa shape index (κ2) is 7.87. The van der Waals surface area contributed by atoms with E-state index in [2.05, 4.69) is 16.7 Å². The molecule has 1 amide bonds. The molecule has 0 saturated heterocycles. The number of amides is 1. The van der Waals surface area contributed by atoms with Crippen molar-refractivity contribution in [2.75, 3.05) is 18.4 Å². The summed E-state index contributed by atoms with van der Waals surface area (Å²) in [6, 6.07) is 7.19. The summed E-state index contributed by atoms with van der Waals surface area (Å²) < 4.78 is 0. The summed E-state index contributed by atoms with van der Waals surface area (Å²) in [5.74, 6) is -0.0846. The number of carbonyl (C=O) groups is 1. The molecule has 0 spiro atoms. The van der Waals surface area contributed by atoms with E-state index in [-0.39, 0.29) is 5.91 Å². The second-order valence-electron chi connectivity index (χ2n) is 3.56. The van der Waals surface area contributed by atoms with Crippen molar-refractivity contribution in [3.8, 4) is 0 Å². The van der Waals surface area contributed by atoms with Gasteiger partial charge in [0, 0.05) is 0 Å². The molecule has 1 rings (SSSR count). The minimum atomic E-state index is -0.0846. The number of anilines is 1. The molecular weight excluding hydrogens is 236 g/mol. The molecule has 0 saturated carbocycles. The first-order valence-electron chi connectivity index (χ1n) is 5.60. The summed E-state index contributed by atoms with van der Waals surface area (Å²) in [5, 5.41) is 6.35. The van der Waals surface area contributed by atoms with Crippen LogP contribution in [0.2, 0.25) is 5.02 Å². The molecule has 17 heavy (non-hydrogen) atoms. The van der Waals surface area contributed by atoms with Gasteiger partial charge in [0.25, 0.3) is 0 Å². The van der Waals surface area contributed by atoms with Gasteiger partial charge in [0.05, 0.1) is 17.3 Å². The lowest BCUT2D eigenvalue weighted by Gasteiger charge is -2.07. The monoisotopic (exact) mass is 252 g/mol. The number of carbonyl (C=O) groups excluding carboxylic acids is 1. The van der Waals surface area contributed by atoms with Gasteiger partial charge in [-0.05, 0) is 32.0 Å². The fraction of sp³-hybridized carbons (Fsp3) is 0.308. The fourth-order valence-electron chi connectivity index (χ4n) is 1.31. The van der Waals surface area contributed by atoms with Gasteiger partial charge < -0.3 is 10.6 Å². The number of hydrogen-bond acceptors (Lipinski definition) is 2. The Balaban J connectivity index is 2.28. The number of rotatable bonds is 6. The predicted molar refractivity (Wildman–Crippen MR) is 72.4 cm³/mol. The van der Waals surface area contributed by atoms with Crippen LogP contribution in [0.4, 0.5) is 5.69 Å². The summed E-state index contributed by atoms with van der Waals surface area (Å²) in [7, 11) is 0. The first-order valence-corrected chi connectivity index (χ1v) is 5.98. The Morgan fingerprint density at radius 1 is 1.41 bits per heavy atom. The van der Waals surface area contributed by atoms with Gasteiger partial charge in [-0.3, -0.25) is 4.79 Å². The molecule has 0 fully saturated rings. The average molecular weight is 253 g/mol. The Morgan fingerprint density at radius 2 is 2.18 bits per heavy atom. The maximum absolute atomic E-state index is 11.5. The minimum Gasteiger partial charge on any atom is -0.324 e. The van der Waals surface area contributed by atoms with E-state index in [1.807, 2.05) is 25.1 Å². The number of allylic oxidation sites excluding steroid dienone is 1. The number of nitrogens with one attached hydrogen (secondary N) is 2. The van der Waals surface area contributed by atoms with Crippen LogP contribution in [0.3, 0.4) is 0 Å². The molecule has 0 radical (unpaired) electrons. The van der Waals surface area contributed by atoms with Gasteiger partial charge >= 0.3 is 0 Å². The molecule has 1 aromatic carbocycles. The van der Waals surface area contributed by atoms with Crippen LogP contribution in [0.25, 0.3) is 0 Å². The highest BCUT2D eigenvalue weighted by atomic mass is 35.5. The van der Waals surface area contributed by atoms with E-state index >= 15 is 0 Å². The maximum atomic E-state index is 11.5. The van der Waals surface area contributed by atoms with E-state index in [0.717, 1.165) is 13.0 Å². The summed E-state index contributed by atoms with van der Waals surface area (Å²) >= 11 is 5.93. The van der Waals surface area contributed by atoms with Crippen molar-refractivity contribution in [1.29, 1.82) is 0 Å². The SMILES string of the molecule is C/C=C/CCNCC(=O)Nc1ccccc1Cl. The van der Waals surface area contributed by atoms with Gasteiger partial charge in [-0.25, -0.2) is 0 Å². The average Bonchev–Trinajstić information content (AvgIpc) is 2.32. The van der Waals surface area contributed by atoms with E-state index < -0.39 is 0 Å². The Morgan fingerprint density at radius 3 is 2.88 bits per heavy atom. The molecule has 3 nitrogen and oxygen atoms in total. The van der Waals surface area contributed by atoms with Gasteiger partial charge in [-0.2, -0.15) is 0 Å². The molecular formula is C13H17ClN2O. The summed E-state index contributed by atoms with van der Waals surface area (Å²) in [4.78, 5) is 11.5. The van der Waals surface area contributed by atoms with Gasteiger partial charge in [0.15, 0.2) is 0 Å². The smallest absolute Gasteiger partial charge is 0.238 e. The first kappa shape index (κ1) is 13.7. The number of hydrogen-bond donors (Lipinski definition) is 2. The zero-order valence-corrected chi connectivity index (χ0v) is 10.6. The van der Waals surface area contributed by atoms with Crippen LogP contribution in [-0.4, -0.2) is 19.0 Å². The highest BCUT2D eigenvalue weighted by Gasteiger charge is 2.03. The van der Waals surface area contributed by atoms with Crippen molar-refractivity contribution >= 4 is 23.2 Å². The quantitative estimate of drug-likeness (QED) is 0.604. The number of para-hydroxylation sites is 1. The molecule has 0 unspecified atom stereocenters. The molecule has 2 N–H and O–H groups in total. The topological polar surface area (TPSA) is 41.1 Å². The minimum absolute atomic E-state index is 0.0846. The summed E-state index contributed by atoms with van der Waals surface area (Å²) in [6.07, 6.45) is 4.97. The lowest BCUT2D eigenvalue weighted by Crippen LogP contribution is -2.28. The number of halogens is 1. The highest BCUT2D eigenvalue weighted by molar-refractivity contribution is 6.33. The van der Waals surface area contributed by atoms with E-state index in [9.17, 15) is 4.79 Å². The van der Waals surface area contributed by atoms with E-state index in [1.165, 1.54) is 0 Å². The van der Waals surface area contributed by atoms with Crippen LogP contribution in [-0.2, 0) is 4.79 Å². The number of benzene rings is 1. The molecule has 0 bridgehead atoms. The maximum Gasteiger partial charge on any atom is 0.238 e. The van der Waals surface area contributed by atoms with E-state index in [4.69, 9.17) is 11.6 Å².